The third-order valence-corrected chi connectivity index (χ3v) is 10.1. The number of hydrogen-bond donors (Lipinski definition) is 2. The van der Waals surface area contributed by atoms with E-state index in [9.17, 15) is 19.0 Å². The number of ether oxygens (including phenoxy) is 1. The van der Waals surface area contributed by atoms with Crippen LogP contribution < -0.4 is 9.64 Å². The SMILES string of the molecule is CCc1c(F)ccc2cc(O)cc(-c3c(Cl)cc4c(N5CCC[C@@](C)(O)C5)nc(OC[C@@]56CCCN5C[C@H](F)C6)nc4c3F)c12. The minimum atomic E-state index is -0.983. The van der Waals surface area contributed by atoms with Gasteiger partial charge in [0.2, 0.25) is 0 Å². The average Bonchev–Trinajstić information content (AvgIpc) is 3.51. The first-order valence-electron chi connectivity index (χ1n) is 15.6. The smallest absolute Gasteiger partial charge is 0.319 e. The maximum atomic E-state index is 17.0. The molecule has 3 saturated heterocycles. The molecule has 0 radical (unpaired) electrons. The molecule has 0 unspecified atom stereocenters. The molecule has 3 aliphatic rings. The van der Waals surface area contributed by atoms with Crippen LogP contribution in [0.1, 0.15) is 51.5 Å². The first-order chi connectivity index (χ1) is 21.5. The minimum Gasteiger partial charge on any atom is -0.508 e. The molecule has 4 aromatic rings. The Kier molecular flexibility index (Phi) is 7.53. The summed E-state index contributed by atoms with van der Waals surface area (Å²) in [6.07, 6.45) is 2.80. The number of fused-ring (bicyclic) bond motifs is 3. The maximum absolute atomic E-state index is 17.0. The van der Waals surface area contributed by atoms with Crippen molar-refractivity contribution in [3.63, 3.8) is 0 Å². The normalized spacial score (nSPS) is 25.4. The number of aromatic nitrogens is 2. The summed E-state index contributed by atoms with van der Waals surface area (Å²) in [5.74, 6) is -0.945. The van der Waals surface area contributed by atoms with E-state index in [4.69, 9.17) is 21.3 Å². The van der Waals surface area contributed by atoms with Crippen LogP contribution in [0.25, 0.3) is 32.8 Å². The molecule has 4 heterocycles. The zero-order valence-corrected chi connectivity index (χ0v) is 26.1. The van der Waals surface area contributed by atoms with E-state index in [0.717, 1.165) is 19.4 Å². The van der Waals surface area contributed by atoms with Gasteiger partial charge in [-0.3, -0.25) is 4.90 Å². The number of alkyl halides is 1. The van der Waals surface area contributed by atoms with E-state index in [1.807, 2.05) is 11.8 Å². The number of aliphatic hydroxyl groups is 1. The van der Waals surface area contributed by atoms with Gasteiger partial charge in [0.25, 0.3) is 0 Å². The van der Waals surface area contributed by atoms with E-state index in [1.165, 1.54) is 18.2 Å². The Labute approximate surface area is 264 Å². The van der Waals surface area contributed by atoms with Crippen molar-refractivity contribution in [2.75, 3.05) is 37.7 Å². The topological polar surface area (TPSA) is 82.0 Å². The van der Waals surface area contributed by atoms with Crippen LogP contribution in [0, 0.1) is 11.6 Å². The average molecular weight is 641 g/mol. The van der Waals surface area contributed by atoms with Crippen LogP contribution in [0.3, 0.4) is 0 Å². The van der Waals surface area contributed by atoms with Crippen LogP contribution in [-0.4, -0.2) is 75.2 Å². The van der Waals surface area contributed by atoms with Crippen LogP contribution in [0.2, 0.25) is 5.02 Å². The van der Waals surface area contributed by atoms with Gasteiger partial charge in [0.1, 0.15) is 35.7 Å². The molecule has 0 bridgehead atoms. The van der Waals surface area contributed by atoms with Crippen LogP contribution in [0.4, 0.5) is 19.0 Å². The van der Waals surface area contributed by atoms with Gasteiger partial charge in [-0.1, -0.05) is 24.6 Å². The number of phenols is 1. The van der Waals surface area contributed by atoms with E-state index in [-0.39, 0.29) is 46.6 Å². The standard InChI is InChI=1S/C34H36ClF3N4O3/c1-3-22-26(37)7-6-19-12-21(43)13-23(27(19)22)28-25(35)14-24-30(29(28)38)39-32(40-31(24)41-10-4-8-33(2,44)17-41)45-18-34-9-5-11-42(34)16-20(36)15-34/h6-7,12-14,20,43-44H,3-5,8-11,15-18H2,1-2H3/t20-,33-,34+/m1/s1. The maximum Gasteiger partial charge on any atom is 0.319 e. The van der Waals surface area contributed by atoms with E-state index in [0.29, 0.717) is 66.3 Å². The number of aromatic hydroxyl groups is 1. The lowest BCUT2D eigenvalue weighted by molar-refractivity contribution is 0.0447. The van der Waals surface area contributed by atoms with Gasteiger partial charge in [0, 0.05) is 37.0 Å². The number of aryl methyl sites for hydroxylation is 1. The van der Waals surface area contributed by atoms with Crippen molar-refractivity contribution in [2.24, 2.45) is 0 Å². The molecule has 3 atom stereocenters. The fourth-order valence-electron chi connectivity index (χ4n) is 7.80. The third-order valence-electron chi connectivity index (χ3n) is 9.82. The second-order valence-electron chi connectivity index (χ2n) is 13.1. The Morgan fingerprint density at radius 3 is 2.69 bits per heavy atom. The second kappa shape index (κ2) is 11.2. The van der Waals surface area contributed by atoms with Crippen molar-refractivity contribution >= 4 is 39.1 Å². The molecule has 0 spiro atoms. The van der Waals surface area contributed by atoms with Gasteiger partial charge in [-0.25, -0.2) is 13.2 Å². The van der Waals surface area contributed by atoms with E-state index in [1.54, 1.807) is 19.1 Å². The highest BCUT2D eigenvalue weighted by Crippen LogP contribution is 2.45. The number of β-amino-alcohol motifs (C(OH)–C–C–N with tert-alkyl or cyclic N) is 1. The largest absolute Gasteiger partial charge is 0.508 e. The molecule has 7 rings (SSSR count). The number of piperidine rings is 1. The van der Waals surface area contributed by atoms with E-state index >= 15 is 4.39 Å². The lowest BCUT2D eigenvalue weighted by Crippen LogP contribution is -2.46. The molecule has 7 nitrogen and oxygen atoms in total. The van der Waals surface area contributed by atoms with Crippen molar-refractivity contribution < 1.29 is 28.1 Å². The summed E-state index contributed by atoms with van der Waals surface area (Å²) >= 11 is 6.85. The second-order valence-corrected chi connectivity index (χ2v) is 13.5. The summed E-state index contributed by atoms with van der Waals surface area (Å²) < 4.78 is 52.6. The Balaban J connectivity index is 1.41. The Hall–Kier alpha value is -3.34. The molecule has 1 aromatic heterocycles. The van der Waals surface area contributed by atoms with Crippen LogP contribution >= 0.6 is 11.6 Å². The summed E-state index contributed by atoms with van der Waals surface area (Å²) in [5.41, 5.74) is -0.899. The highest BCUT2D eigenvalue weighted by Gasteiger charge is 2.49. The summed E-state index contributed by atoms with van der Waals surface area (Å²) in [6.45, 7) is 5.72. The summed E-state index contributed by atoms with van der Waals surface area (Å²) in [4.78, 5) is 13.3. The molecule has 0 aliphatic carbocycles. The zero-order valence-electron chi connectivity index (χ0n) is 25.3. The monoisotopic (exact) mass is 640 g/mol. The Morgan fingerprint density at radius 1 is 1.11 bits per heavy atom. The van der Waals surface area contributed by atoms with E-state index in [2.05, 4.69) is 9.88 Å². The molecule has 3 aliphatic heterocycles. The van der Waals surface area contributed by atoms with Gasteiger partial charge in [0.05, 0.1) is 16.2 Å². The first kappa shape index (κ1) is 30.3. The van der Waals surface area contributed by atoms with Crippen molar-refractivity contribution in [3.05, 3.63) is 52.6 Å². The number of benzene rings is 3. The molecule has 0 amide bonds. The Bertz CT molecular complexity index is 1820. The quantitative estimate of drug-likeness (QED) is 0.236. The highest BCUT2D eigenvalue weighted by atomic mass is 35.5. The zero-order chi connectivity index (χ0) is 31.7. The predicted molar refractivity (Wildman–Crippen MR) is 169 cm³/mol. The number of rotatable bonds is 6. The van der Waals surface area contributed by atoms with Crippen LogP contribution in [-0.2, 0) is 6.42 Å². The molecule has 238 valence electrons. The van der Waals surface area contributed by atoms with Crippen LogP contribution in [0.5, 0.6) is 11.8 Å². The number of halogens is 4. The lowest BCUT2D eigenvalue weighted by Gasteiger charge is -2.38. The molecule has 3 fully saturated rings. The van der Waals surface area contributed by atoms with Crippen molar-refractivity contribution in [2.45, 2.75) is 69.7 Å². The number of anilines is 1. The van der Waals surface area contributed by atoms with Gasteiger partial charge in [-0.15, -0.1) is 0 Å². The minimum absolute atomic E-state index is 0.0248. The number of phenolic OH excluding ortho intramolecular Hbond substituents is 1. The van der Waals surface area contributed by atoms with Gasteiger partial charge >= 0.3 is 6.01 Å². The molecule has 3 aromatic carbocycles. The molecular formula is C34H36ClF3N4O3. The Morgan fingerprint density at radius 2 is 1.91 bits per heavy atom. The van der Waals surface area contributed by atoms with Crippen molar-refractivity contribution in [1.29, 1.82) is 0 Å². The summed E-state index contributed by atoms with van der Waals surface area (Å²) in [5, 5.41) is 22.9. The fourth-order valence-corrected chi connectivity index (χ4v) is 8.10. The fraction of sp³-hybridized carbons (Fsp3) is 0.471. The highest BCUT2D eigenvalue weighted by molar-refractivity contribution is 6.35. The molecule has 2 N–H and O–H groups in total. The predicted octanol–water partition coefficient (Wildman–Crippen LogP) is 6.96. The van der Waals surface area contributed by atoms with Crippen molar-refractivity contribution in [1.82, 2.24) is 14.9 Å². The van der Waals surface area contributed by atoms with Gasteiger partial charge in [0.15, 0.2) is 5.82 Å². The van der Waals surface area contributed by atoms with E-state index < -0.39 is 28.9 Å². The lowest BCUT2D eigenvalue weighted by atomic mass is 9.91. The van der Waals surface area contributed by atoms with Gasteiger partial charge < -0.3 is 19.8 Å². The molecular weight excluding hydrogens is 605 g/mol. The van der Waals surface area contributed by atoms with Crippen molar-refractivity contribution in [3.8, 4) is 22.9 Å². The summed E-state index contributed by atoms with van der Waals surface area (Å²) in [7, 11) is 0. The molecule has 0 saturated carbocycles. The van der Waals surface area contributed by atoms with Gasteiger partial charge in [-0.05, 0) is 91.7 Å². The molecule has 45 heavy (non-hydrogen) atoms. The first-order valence-corrected chi connectivity index (χ1v) is 16.0. The number of hydrogen-bond acceptors (Lipinski definition) is 7. The van der Waals surface area contributed by atoms with Crippen LogP contribution in [0.15, 0.2) is 30.3 Å². The molecule has 11 heteroatoms. The summed E-state index contributed by atoms with van der Waals surface area (Å²) in [6, 6.07) is 7.31. The third kappa shape index (κ3) is 5.24. The number of nitrogens with zero attached hydrogens (tertiary/aromatic N) is 4. The van der Waals surface area contributed by atoms with Gasteiger partial charge in [-0.2, -0.15) is 9.97 Å².